The lowest BCUT2D eigenvalue weighted by atomic mass is 10.0. The molecule has 5 nitrogen and oxygen atoms in total. The maximum Gasteiger partial charge on any atom is 0.220 e. The van der Waals surface area contributed by atoms with Crippen LogP contribution in [0, 0.1) is 0 Å². The molecule has 1 aliphatic heterocycles. The molecule has 0 bridgehead atoms. The zero-order chi connectivity index (χ0) is 17.6. The number of methoxy groups -OCH3 is 1. The first kappa shape index (κ1) is 18.5. The number of nitrogens with one attached hydrogen (secondary N) is 1. The molecular weight excluding hydrogens is 304 g/mol. The molecule has 0 aliphatic carbocycles. The van der Waals surface area contributed by atoms with E-state index in [0.717, 1.165) is 13.1 Å². The number of nitrogens with zero attached hydrogens (tertiary/aromatic N) is 1. The summed E-state index contributed by atoms with van der Waals surface area (Å²) in [5.41, 5.74) is 0.576. The fourth-order valence-corrected chi connectivity index (χ4v) is 2.99. The van der Waals surface area contributed by atoms with Crippen LogP contribution in [0.5, 0.6) is 5.75 Å². The number of hydrogen-bond donors (Lipinski definition) is 1. The van der Waals surface area contributed by atoms with Gasteiger partial charge in [0.15, 0.2) is 5.78 Å². The van der Waals surface area contributed by atoms with E-state index in [1.54, 1.807) is 31.4 Å². The van der Waals surface area contributed by atoms with Crippen LogP contribution in [-0.2, 0) is 4.79 Å². The molecule has 1 aromatic carbocycles. The first-order valence-corrected chi connectivity index (χ1v) is 8.61. The van der Waals surface area contributed by atoms with Gasteiger partial charge in [-0.3, -0.25) is 14.5 Å². The quantitative estimate of drug-likeness (QED) is 0.744. The summed E-state index contributed by atoms with van der Waals surface area (Å²) in [6.07, 6.45) is 2.91. The summed E-state index contributed by atoms with van der Waals surface area (Å²) in [4.78, 5) is 26.6. The fraction of sp³-hybridized carbons (Fsp3) is 0.579. The minimum atomic E-state index is -0.0656. The van der Waals surface area contributed by atoms with Crippen molar-refractivity contribution in [2.24, 2.45) is 0 Å². The summed E-state index contributed by atoms with van der Waals surface area (Å²) < 4.78 is 5.07. The van der Waals surface area contributed by atoms with Crippen molar-refractivity contribution in [3.8, 4) is 5.75 Å². The maximum atomic E-state index is 12.1. The molecule has 2 rings (SSSR count). The van der Waals surface area contributed by atoms with E-state index in [-0.39, 0.29) is 30.1 Å². The molecule has 5 heteroatoms. The number of ether oxygens (including phenoxy) is 1. The Morgan fingerprint density at radius 3 is 2.33 bits per heavy atom. The molecule has 24 heavy (non-hydrogen) atoms. The van der Waals surface area contributed by atoms with E-state index in [2.05, 4.69) is 24.1 Å². The van der Waals surface area contributed by atoms with Crippen molar-refractivity contribution >= 4 is 11.7 Å². The Balaban J connectivity index is 1.74. The predicted molar refractivity (Wildman–Crippen MR) is 94.5 cm³/mol. The van der Waals surface area contributed by atoms with Gasteiger partial charge in [0.1, 0.15) is 5.75 Å². The number of carbonyl (C=O) groups excluding carboxylic acids is 2. The van der Waals surface area contributed by atoms with Crippen LogP contribution < -0.4 is 10.1 Å². The number of benzene rings is 1. The van der Waals surface area contributed by atoms with Gasteiger partial charge in [0.05, 0.1) is 7.11 Å². The molecule has 0 aromatic heterocycles. The van der Waals surface area contributed by atoms with Crippen LogP contribution in [0.1, 0.15) is 49.9 Å². The highest BCUT2D eigenvalue weighted by Gasteiger charge is 2.29. The van der Waals surface area contributed by atoms with Gasteiger partial charge in [0.25, 0.3) is 0 Å². The second-order valence-electron chi connectivity index (χ2n) is 6.93. The van der Waals surface area contributed by atoms with E-state index in [4.69, 9.17) is 4.74 Å². The summed E-state index contributed by atoms with van der Waals surface area (Å²) in [5.74, 6) is 0.629. The number of Topliss-reactive ketones (excluding diaryl/α,β-unsaturated/α-hetero) is 1. The molecule has 1 aliphatic rings. The summed E-state index contributed by atoms with van der Waals surface area (Å²) >= 11 is 0. The van der Waals surface area contributed by atoms with E-state index in [1.165, 1.54) is 12.8 Å². The van der Waals surface area contributed by atoms with Crippen molar-refractivity contribution in [1.82, 2.24) is 10.2 Å². The van der Waals surface area contributed by atoms with E-state index >= 15 is 0 Å². The van der Waals surface area contributed by atoms with Crippen molar-refractivity contribution < 1.29 is 14.3 Å². The van der Waals surface area contributed by atoms with Crippen LogP contribution in [0.4, 0.5) is 0 Å². The van der Waals surface area contributed by atoms with Gasteiger partial charge >= 0.3 is 0 Å². The van der Waals surface area contributed by atoms with Crippen LogP contribution in [0.2, 0.25) is 0 Å². The molecule has 1 amide bonds. The fourth-order valence-electron chi connectivity index (χ4n) is 2.99. The number of ketones is 1. The SMILES string of the molecule is COc1ccc(C(=O)CCC(=O)NCC(C)(C)N2CCCC2)cc1. The van der Waals surface area contributed by atoms with Gasteiger partial charge < -0.3 is 10.1 Å². The zero-order valence-electron chi connectivity index (χ0n) is 14.9. The van der Waals surface area contributed by atoms with Gasteiger partial charge in [-0.2, -0.15) is 0 Å². The number of rotatable bonds is 8. The lowest BCUT2D eigenvalue weighted by Gasteiger charge is -2.35. The normalized spacial score (nSPS) is 15.3. The van der Waals surface area contributed by atoms with Gasteiger partial charge in [-0.25, -0.2) is 0 Å². The molecule has 0 unspecified atom stereocenters. The summed E-state index contributed by atoms with van der Waals surface area (Å²) in [6.45, 7) is 7.11. The molecule has 0 atom stereocenters. The van der Waals surface area contributed by atoms with Crippen LogP contribution >= 0.6 is 0 Å². The minimum absolute atomic E-state index is 0.0217. The Hall–Kier alpha value is -1.88. The monoisotopic (exact) mass is 332 g/mol. The predicted octanol–water partition coefficient (Wildman–Crippen LogP) is 2.65. The molecule has 1 heterocycles. The highest BCUT2D eigenvalue weighted by Crippen LogP contribution is 2.20. The highest BCUT2D eigenvalue weighted by molar-refractivity contribution is 5.98. The molecule has 1 fully saturated rings. The van der Waals surface area contributed by atoms with Crippen LogP contribution in [0.25, 0.3) is 0 Å². The molecule has 0 radical (unpaired) electrons. The van der Waals surface area contributed by atoms with Gasteiger partial charge in [0.2, 0.25) is 5.91 Å². The summed E-state index contributed by atoms with van der Waals surface area (Å²) in [7, 11) is 1.59. The number of hydrogen-bond acceptors (Lipinski definition) is 4. The Kier molecular flexibility index (Phi) is 6.37. The second kappa shape index (κ2) is 8.29. The molecule has 0 spiro atoms. The Labute approximate surface area is 144 Å². The Morgan fingerprint density at radius 1 is 1.12 bits per heavy atom. The molecule has 1 saturated heterocycles. The van der Waals surface area contributed by atoms with Crippen LogP contribution in [0.15, 0.2) is 24.3 Å². The Morgan fingerprint density at radius 2 is 1.75 bits per heavy atom. The third-order valence-corrected chi connectivity index (χ3v) is 4.67. The Bertz CT molecular complexity index is 560. The number of amides is 1. The van der Waals surface area contributed by atoms with Gasteiger partial charge in [-0.15, -0.1) is 0 Å². The molecular formula is C19H28N2O3. The first-order valence-electron chi connectivity index (χ1n) is 8.61. The van der Waals surface area contributed by atoms with Gasteiger partial charge in [0, 0.05) is 30.5 Å². The molecule has 1 N–H and O–H groups in total. The average molecular weight is 332 g/mol. The zero-order valence-corrected chi connectivity index (χ0v) is 14.9. The van der Waals surface area contributed by atoms with Crippen LogP contribution in [-0.4, -0.2) is 48.9 Å². The summed E-state index contributed by atoms with van der Waals surface area (Å²) in [5, 5.41) is 2.97. The van der Waals surface area contributed by atoms with Gasteiger partial charge in [-0.1, -0.05) is 0 Å². The lowest BCUT2D eigenvalue weighted by molar-refractivity contribution is -0.121. The topological polar surface area (TPSA) is 58.6 Å². The smallest absolute Gasteiger partial charge is 0.220 e. The number of likely N-dealkylation sites (tertiary alicyclic amines) is 1. The van der Waals surface area contributed by atoms with Crippen molar-refractivity contribution in [2.45, 2.75) is 45.1 Å². The maximum absolute atomic E-state index is 12.1. The van der Waals surface area contributed by atoms with Gasteiger partial charge in [-0.05, 0) is 64.0 Å². The van der Waals surface area contributed by atoms with E-state index in [0.29, 0.717) is 17.9 Å². The van der Waals surface area contributed by atoms with E-state index in [9.17, 15) is 9.59 Å². The number of carbonyl (C=O) groups is 2. The molecule has 132 valence electrons. The van der Waals surface area contributed by atoms with Crippen molar-refractivity contribution in [3.05, 3.63) is 29.8 Å². The highest BCUT2D eigenvalue weighted by atomic mass is 16.5. The minimum Gasteiger partial charge on any atom is -0.497 e. The third-order valence-electron chi connectivity index (χ3n) is 4.67. The summed E-state index contributed by atoms with van der Waals surface area (Å²) in [6, 6.07) is 6.98. The van der Waals surface area contributed by atoms with Crippen molar-refractivity contribution in [1.29, 1.82) is 0 Å². The second-order valence-corrected chi connectivity index (χ2v) is 6.93. The molecule has 0 saturated carbocycles. The average Bonchev–Trinajstić information content (AvgIpc) is 3.13. The third kappa shape index (κ3) is 5.06. The lowest BCUT2D eigenvalue weighted by Crippen LogP contribution is -2.50. The van der Waals surface area contributed by atoms with E-state index < -0.39 is 0 Å². The largest absolute Gasteiger partial charge is 0.497 e. The van der Waals surface area contributed by atoms with E-state index in [1.807, 2.05) is 0 Å². The first-order chi connectivity index (χ1) is 11.4. The van der Waals surface area contributed by atoms with Crippen molar-refractivity contribution in [3.63, 3.8) is 0 Å². The standard InChI is InChI=1S/C19H28N2O3/c1-19(2,21-12-4-5-13-21)14-20-18(23)11-10-17(22)15-6-8-16(24-3)9-7-15/h6-9H,4-5,10-14H2,1-3H3,(H,20,23). The van der Waals surface area contributed by atoms with Crippen molar-refractivity contribution in [2.75, 3.05) is 26.7 Å². The molecule has 1 aromatic rings. The van der Waals surface area contributed by atoms with Crippen LogP contribution in [0.3, 0.4) is 0 Å².